The summed E-state index contributed by atoms with van der Waals surface area (Å²) in [6, 6.07) is 7.12. The van der Waals surface area contributed by atoms with E-state index in [1.54, 1.807) is 31.4 Å². The van der Waals surface area contributed by atoms with E-state index in [1.807, 2.05) is 17.3 Å². The third-order valence-corrected chi connectivity index (χ3v) is 4.61. The molecule has 0 atom stereocenters. The van der Waals surface area contributed by atoms with Gasteiger partial charge >= 0.3 is 0 Å². The summed E-state index contributed by atoms with van der Waals surface area (Å²) >= 11 is 5.76. The number of aryl methyl sites for hydroxylation is 1. The molecule has 10 heteroatoms. The molecule has 2 aromatic rings. The predicted molar refractivity (Wildman–Crippen MR) is 141 cm³/mol. The van der Waals surface area contributed by atoms with E-state index in [9.17, 15) is 4.79 Å². The van der Waals surface area contributed by atoms with Crippen LogP contribution in [0.5, 0.6) is 0 Å². The van der Waals surface area contributed by atoms with E-state index in [2.05, 4.69) is 57.9 Å². The summed E-state index contributed by atoms with van der Waals surface area (Å²) in [5.74, 6) is 0.268. The normalized spacial score (nSPS) is 10.2. The number of pyridine rings is 1. The number of rotatable bonds is 13. The van der Waals surface area contributed by atoms with Gasteiger partial charge in [-0.05, 0) is 63.3 Å². The molecule has 0 saturated carbocycles. The number of hydrogen-bond acceptors (Lipinski definition) is 7. The van der Waals surface area contributed by atoms with Crippen molar-refractivity contribution >= 4 is 36.0 Å². The standard InChI is InChI=1S/C23H31ClN6O.C2H5NO/c1-4-5-13-26-30(17-18(2)3)14-7-6-8-20-10-12-22(29-28-20)27-23(31)15-19-9-11-21(24)25-16-19;1-3-2-4/h9-13,16-17H,4-8,14-15H2,1-3H3,(H,27,29,31);2H,1H3,(H,3,4)/b26-13+;. The van der Waals surface area contributed by atoms with Gasteiger partial charge in [0.25, 0.3) is 0 Å². The van der Waals surface area contributed by atoms with Crippen LogP contribution in [0.1, 0.15) is 57.7 Å². The highest BCUT2D eigenvalue weighted by Crippen LogP contribution is 2.09. The van der Waals surface area contributed by atoms with Crippen LogP contribution in [-0.2, 0) is 22.4 Å². The second-order valence-electron chi connectivity index (χ2n) is 7.94. The molecule has 2 aromatic heterocycles. The molecule has 2 amide bonds. The van der Waals surface area contributed by atoms with E-state index in [4.69, 9.17) is 16.4 Å². The number of carbonyl (C=O) groups is 2. The topological polar surface area (TPSA) is 112 Å². The Kier molecular flexibility index (Phi) is 15.3. The third kappa shape index (κ3) is 14.5. The summed E-state index contributed by atoms with van der Waals surface area (Å²) < 4.78 is 0. The average Bonchev–Trinajstić information content (AvgIpc) is 2.84. The number of amides is 2. The quantitative estimate of drug-likeness (QED) is 0.138. The first kappa shape index (κ1) is 29.7. The Morgan fingerprint density at radius 2 is 1.94 bits per heavy atom. The van der Waals surface area contributed by atoms with E-state index in [-0.39, 0.29) is 12.3 Å². The second kappa shape index (κ2) is 18.1. The number of aromatic nitrogens is 3. The zero-order valence-corrected chi connectivity index (χ0v) is 21.8. The number of carbonyl (C=O) groups excluding carboxylic acids is 2. The fraction of sp³-hybridized carbons (Fsp3) is 0.440. The first-order valence-electron chi connectivity index (χ1n) is 11.7. The highest BCUT2D eigenvalue weighted by molar-refractivity contribution is 6.29. The molecular weight excluding hydrogens is 466 g/mol. The summed E-state index contributed by atoms with van der Waals surface area (Å²) in [5, 5.41) is 20.3. The van der Waals surface area contributed by atoms with Crippen molar-refractivity contribution in [3.8, 4) is 0 Å². The van der Waals surface area contributed by atoms with Crippen molar-refractivity contribution in [2.75, 3.05) is 18.9 Å². The zero-order valence-electron chi connectivity index (χ0n) is 21.0. The molecule has 0 fully saturated rings. The first-order chi connectivity index (χ1) is 16.9. The lowest BCUT2D eigenvalue weighted by Gasteiger charge is -2.15. The molecule has 2 heterocycles. The summed E-state index contributed by atoms with van der Waals surface area (Å²) in [6.45, 7) is 7.16. The van der Waals surface area contributed by atoms with E-state index in [1.165, 1.54) is 5.57 Å². The van der Waals surface area contributed by atoms with Gasteiger partial charge in [-0.2, -0.15) is 10.2 Å². The average molecular weight is 502 g/mol. The van der Waals surface area contributed by atoms with Crippen LogP contribution in [0, 0.1) is 0 Å². The lowest BCUT2D eigenvalue weighted by molar-refractivity contribution is -0.115. The number of nitrogens with zero attached hydrogens (tertiary/aromatic N) is 5. The molecular formula is C25H36ClN7O2. The van der Waals surface area contributed by atoms with Gasteiger partial charge in [-0.15, -0.1) is 5.10 Å². The molecule has 0 unspecified atom stereocenters. The number of halogens is 1. The molecule has 0 spiro atoms. The van der Waals surface area contributed by atoms with Crippen molar-refractivity contribution in [2.24, 2.45) is 5.10 Å². The molecule has 0 saturated heterocycles. The van der Waals surface area contributed by atoms with Crippen LogP contribution in [0.25, 0.3) is 0 Å². The van der Waals surface area contributed by atoms with Crippen LogP contribution in [0.3, 0.4) is 0 Å². The SMILES string of the molecule is CCC/C=N/N(C=C(C)C)CCCCc1ccc(NC(=O)Cc2ccc(Cl)nc2)nn1.CNC=O. The monoisotopic (exact) mass is 501 g/mol. The maximum absolute atomic E-state index is 12.1. The largest absolute Gasteiger partial charge is 0.362 e. The van der Waals surface area contributed by atoms with Crippen molar-refractivity contribution in [2.45, 2.75) is 59.3 Å². The molecule has 0 aliphatic carbocycles. The van der Waals surface area contributed by atoms with E-state index < -0.39 is 0 Å². The molecule has 35 heavy (non-hydrogen) atoms. The summed E-state index contributed by atoms with van der Waals surface area (Å²) in [5.41, 5.74) is 2.92. The molecule has 2 N–H and O–H groups in total. The van der Waals surface area contributed by atoms with Gasteiger partial charge < -0.3 is 10.6 Å². The van der Waals surface area contributed by atoms with Crippen molar-refractivity contribution in [3.63, 3.8) is 0 Å². The van der Waals surface area contributed by atoms with E-state index >= 15 is 0 Å². The smallest absolute Gasteiger partial charge is 0.230 e. The number of hydrogen-bond donors (Lipinski definition) is 2. The molecule has 0 bridgehead atoms. The highest BCUT2D eigenvalue weighted by atomic mass is 35.5. The Labute approximate surface area is 213 Å². The van der Waals surface area contributed by atoms with Crippen LogP contribution >= 0.6 is 11.6 Å². The maximum Gasteiger partial charge on any atom is 0.230 e. The Morgan fingerprint density at radius 3 is 2.51 bits per heavy atom. The number of unbranched alkanes of at least 4 members (excludes halogenated alkanes) is 2. The van der Waals surface area contributed by atoms with Gasteiger partial charge in [0.2, 0.25) is 12.3 Å². The van der Waals surface area contributed by atoms with Crippen LogP contribution < -0.4 is 10.6 Å². The van der Waals surface area contributed by atoms with Gasteiger partial charge in [-0.25, -0.2) is 4.98 Å². The van der Waals surface area contributed by atoms with Crippen LogP contribution in [0.15, 0.2) is 47.3 Å². The minimum atomic E-state index is -0.172. The third-order valence-electron chi connectivity index (χ3n) is 4.38. The molecule has 190 valence electrons. The van der Waals surface area contributed by atoms with Crippen molar-refractivity contribution in [3.05, 3.63) is 58.6 Å². The lowest BCUT2D eigenvalue weighted by Crippen LogP contribution is -2.16. The van der Waals surface area contributed by atoms with Crippen LogP contribution in [0.2, 0.25) is 5.15 Å². The zero-order chi connectivity index (χ0) is 25.9. The summed E-state index contributed by atoms with van der Waals surface area (Å²) in [4.78, 5) is 25.2. The van der Waals surface area contributed by atoms with E-state index in [0.717, 1.165) is 49.9 Å². The van der Waals surface area contributed by atoms with Crippen LogP contribution in [-0.4, -0.2) is 52.3 Å². The molecule has 0 radical (unpaired) electrons. The Bertz CT molecular complexity index is 928. The Hall–Kier alpha value is -3.33. The number of allylic oxidation sites excluding steroid dienone is 1. The second-order valence-corrected chi connectivity index (χ2v) is 8.33. The first-order valence-corrected chi connectivity index (χ1v) is 12.0. The molecule has 2 rings (SSSR count). The van der Waals surface area contributed by atoms with Gasteiger partial charge in [0, 0.05) is 32.2 Å². The van der Waals surface area contributed by atoms with Gasteiger partial charge in [0.05, 0.1) is 12.1 Å². The van der Waals surface area contributed by atoms with Gasteiger partial charge in [0.15, 0.2) is 5.82 Å². The number of hydrazone groups is 1. The van der Waals surface area contributed by atoms with Gasteiger partial charge in [-0.3, -0.25) is 14.6 Å². The van der Waals surface area contributed by atoms with Crippen molar-refractivity contribution < 1.29 is 9.59 Å². The summed E-state index contributed by atoms with van der Waals surface area (Å²) in [7, 11) is 1.56. The minimum Gasteiger partial charge on any atom is -0.362 e. The Balaban J connectivity index is 0.00000142. The molecule has 0 aliphatic rings. The maximum atomic E-state index is 12.1. The summed E-state index contributed by atoms with van der Waals surface area (Å²) in [6.07, 6.45) is 11.4. The van der Waals surface area contributed by atoms with Crippen molar-refractivity contribution in [1.29, 1.82) is 0 Å². The van der Waals surface area contributed by atoms with E-state index in [0.29, 0.717) is 17.4 Å². The van der Waals surface area contributed by atoms with Gasteiger partial charge in [0.1, 0.15) is 5.15 Å². The Morgan fingerprint density at radius 1 is 1.17 bits per heavy atom. The fourth-order valence-corrected chi connectivity index (χ4v) is 2.88. The fourth-order valence-electron chi connectivity index (χ4n) is 2.77. The number of nitrogens with one attached hydrogen (secondary N) is 2. The highest BCUT2D eigenvalue weighted by Gasteiger charge is 2.07. The molecule has 0 aliphatic heterocycles. The molecule has 9 nitrogen and oxygen atoms in total. The van der Waals surface area contributed by atoms with Crippen LogP contribution in [0.4, 0.5) is 5.82 Å². The molecule has 0 aromatic carbocycles. The van der Waals surface area contributed by atoms with Gasteiger partial charge in [-0.1, -0.05) is 36.6 Å². The van der Waals surface area contributed by atoms with Crippen molar-refractivity contribution in [1.82, 2.24) is 25.5 Å². The minimum absolute atomic E-state index is 0.172. The lowest BCUT2D eigenvalue weighted by atomic mass is 10.2. The predicted octanol–water partition coefficient (Wildman–Crippen LogP) is 4.40. The number of anilines is 1.